The third kappa shape index (κ3) is 3.72. The molecule has 23 heavy (non-hydrogen) atoms. The number of hydrogen-bond acceptors (Lipinski definition) is 3. The predicted octanol–water partition coefficient (Wildman–Crippen LogP) is 2.20. The van der Waals surface area contributed by atoms with Crippen molar-refractivity contribution in [1.82, 2.24) is 5.32 Å². The maximum Gasteiger partial charge on any atom is 0.222 e. The van der Waals surface area contributed by atoms with Gasteiger partial charge < -0.3 is 16.0 Å². The molecular weight excluding hydrogens is 293 g/mol. The van der Waals surface area contributed by atoms with Gasteiger partial charge in [0, 0.05) is 25.2 Å². The summed E-state index contributed by atoms with van der Waals surface area (Å²) in [5.74, 6) is -0.509. The first kappa shape index (κ1) is 16.0. The lowest BCUT2D eigenvalue weighted by Gasteiger charge is -2.37. The molecule has 0 bridgehead atoms. The number of halogens is 1. The van der Waals surface area contributed by atoms with Gasteiger partial charge in [0.15, 0.2) is 0 Å². The zero-order valence-corrected chi connectivity index (χ0v) is 13.2. The van der Waals surface area contributed by atoms with Gasteiger partial charge in [-0.05, 0) is 37.8 Å². The molecule has 0 spiro atoms. The minimum atomic E-state index is -0.226. The highest BCUT2D eigenvalue weighted by Crippen LogP contribution is 2.25. The first-order valence-corrected chi connectivity index (χ1v) is 8.35. The fourth-order valence-corrected chi connectivity index (χ4v) is 3.61. The molecule has 1 saturated heterocycles. The molecule has 1 aliphatic carbocycles. The smallest absolute Gasteiger partial charge is 0.222 e. The number of para-hydroxylation sites is 1. The minimum absolute atomic E-state index is 0.121. The molecular formula is C18H24FN3O. The molecule has 1 aromatic carbocycles. The van der Waals surface area contributed by atoms with E-state index in [9.17, 15) is 9.18 Å². The molecule has 0 aromatic heterocycles. The standard InChI is InChI=1S/C18H24FN3O/c19-15-6-2-4-8-17(15)22-11-9-13(10-12-22)21-16-7-3-1-5-14(16)18(20)23/h1-4,6,8,13-14,16,21H,5,7,9-12H2,(H2,20,23)/t14-,16-/m1/s1. The molecule has 1 heterocycles. The molecule has 1 fully saturated rings. The number of piperidine rings is 1. The SMILES string of the molecule is NC(=O)[C@@H]1CC=CC[C@H]1NC1CCN(c2ccccc2F)CC1. The Bertz CT molecular complexity index is 581. The molecule has 2 atom stereocenters. The molecule has 1 aliphatic heterocycles. The van der Waals surface area contributed by atoms with E-state index in [-0.39, 0.29) is 23.7 Å². The van der Waals surface area contributed by atoms with Crippen molar-refractivity contribution in [3.63, 3.8) is 0 Å². The number of primary amides is 1. The van der Waals surface area contributed by atoms with Gasteiger partial charge in [0.05, 0.1) is 11.6 Å². The van der Waals surface area contributed by atoms with Crippen molar-refractivity contribution in [2.24, 2.45) is 11.7 Å². The van der Waals surface area contributed by atoms with Crippen LogP contribution in [0, 0.1) is 11.7 Å². The van der Waals surface area contributed by atoms with Crippen molar-refractivity contribution in [3.8, 4) is 0 Å². The summed E-state index contributed by atoms with van der Waals surface area (Å²) in [6.07, 6.45) is 7.61. The normalized spacial score (nSPS) is 25.5. The second-order valence-electron chi connectivity index (χ2n) is 6.44. The number of nitrogens with one attached hydrogen (secondary N) is 1. The molecule has 0 saturated carbocycles. The summed E-state index contributed by atoms with van der Waals surface area (Å²) in [6, 6.07) is 7.41. The highest BCUT2D eigenvalue weighted by molar-refractivity contribution is 5.77. The number of carbonyl (C=O) groups excluding carboxylic acids is 1. The van der Waals surface area contributed by atoms with E-state index in [2.05, 4.69) is 16.3 Å². The molecule has 4 nitrogen and oxygen atoms in total. The van der Waals surface area contributed by atoms with Gasteiger partial charge >= 0.3 is 0 Å². The lowest BCUT2D eigenvalue weighted by atomic mass is 9.87. The fourth-order valence-electron chi connectivity index (χ4n) is 3.61. The number of nitrogens with two attached hydrogens (primary N) is 1. The fraction of sp³-hybridized carbons (Fsp3) is 0.500. The van der Waals surface area contributed by atoms with Crippen LogP contribution in [0.1, 0.15) is 25.7 Å². The second kappa shape index (κ2) is 7.13. The van der Waals surface area contributed by atoms with Gasteiger partial charge in [0.25, 0.3) is 0 Å². The number of rotatable bonds is 4. The first-order chi connectivity index (χ1) is 11.1. The van der Waals surface area contributed by atoms with E-state index >= 15 is 0 Å². The number of carbonyl (C=O) groups is 1. The molecule has 3 rings (SSSR count). The van der Waals surface area contributed by atoms with Gasteiger partial charge in [-0.3, -0.25) is 4.79 Å². The van der Waals surface area contributed by atoms with Gasteiger partial charge in [0.1, 0.15) is 5.82 Å². The average molecular weight is 317 g/mol. The minimum Gasteiger partial charge on any atom is -0.369 e. The first-order valence-electron chi connectivity index (χ1n) is 8.35. The number of amides is 1. The third-order valence-electron chi connectivity index (χ3n) is 4.94. The van der Waals surface area contributed by atoms with Crippen molar-refractivity contribution in [3.05, 3.63) is 42.2 Å². The summed E-state index contributed by atoms with van der Waals surface area (Å²) >= 11 is 0. The molecule has 0 radical (unpaired) electrons. The number of nitrogens with zero attached hydrogens (tertiary/aromatic N) is 1. The van der Waals surface area contributed by atoms with Crippen LogP contribution in [0.5, 0.6) is 0 Å². The molecule has 124 valence electrons. The average Bonchev–Trinajstić information content (AvgIpc) is 2.56. The third-order valence-corrected chi connectivity index (χ3v) is 4.94. The topological polar surface area (TPSA) is 58.4 Å². The predicted molar refractivity (Wildman–Crippen MR) is 89.6 cm³/mol. The Morgan fingerprint density at radius 2 is 1.87 bits per heavy atom. The van der Waals surface area contributed by atoms with Crippen LogP contribution in [-0.4, -0.2) is 31.1 Å². The van der Waals surface area contributed by atoms with E-state index in [0.29, 0.717) is 11.7 Å². The van der Waals surface area contributed by atoms with Gasteiger partial charge in [-0.1, -0.05) is 24.3 Å². The van der Waals surface area contributed by atoms with Crippen LogP contribution < -0.4 is 16.0 Å². The van der Waals surface area contributed by atoms with Gasteiger partial charge in [-0.25, -0.2) is 4.39 Å². The summed E-state index contributed by atoms with van der Waals surface area (Å²) in [7, 11) is 0. The highest BCUT2D eigenvalue weighted by atomic mass is 19.1. The zero-order chi connectivity index (χ0) is 16.2. The van der Waals surface area contributed by atoms with Crippen molar-refractivity contribution in [2.45, 2.75) is 37.8 Å². The van der Waals surface area contributed by atoms with Crippen molar-refractivity contribution < 1.29 is 9.18 Å². The molecule has 2 aliphatic rings. The number of hydrogen-bond donors (Lipinski definition) is 2. The lowest BCUT2D eigenvalue weighted by Crippen LogP contribution is -2.51. The largest absolute Gasteiger partial charge is 0.369 e. The van der Waals surface area contributed by atoms with Crippen molar-refractivity contribution in [1.29, 1.82) is 0 Å². The van der Waals surface area contributed by atoms with Crippen LogP contribution in [-0.2, 0) is 4.79 Å². The van der Waals surface area contributed by atoms with Crippen LogP contribution >= 0.6 is 0 Å². The number of allylic oxidation sites excluding steroid dienone is 1. The molecule has 0 unspecified atom stereocenters. The van der Waals surface area contributed by atoms with Crippen molar-refractivity contribution in [2.75, 3.05) is 18.0 Å². The van der Waals surface area contributed by atoms with E-state index in [1.54, 1.807) is 6.07 Å². The van der Waals surface area contributed by atoms with Gasteiger partial charge in [-0.2, -0.15) is 0 Å². The quantitative estimate of drug-likeness (QED) is 0.837. The van der Waals surface area contributed by atoms with Crippen LogP contribution in [0.15, 0.2) is 36.4 Å². The van der Waals surface area contributed by atoms with E-state index in [1.165, 1.54) is 6.07 Å². The Labute approximate surface area is 136 Å². The summed E-state index contributed by atoms with van der Waals surface area (Å²) in [5, 5.41) is 3.60. The second-order valence-corrected chi connectivity index (χ2v) is 6.44. The van der Waals surface area contributed by atoms with E-state index in [4.69, 9.17) is 5.73 Å². The Morgan fingerprint density at radius 3 is 2.57 bits per heavy atom. The van der Waals surface area contributed by atoms with Crippen molar-refractivity contribution >= 4 is 11.6 Å². The summed E-state index contributed by atoms with van der Waals surface area (Å²) in [4.78, 5) is 13.7. The Morgan fingerprint density at radius 1 is 1.17 bits per heavy atom. The Balaban J connectivity index is 1.56. The van der Waals surface area contributed by atoms with E-state index < -0.39 is 0 Å². The summed E-state index contributed by atoms with van der Waals surface area (Å²) in [5.41, 5.74) is 6.20. The maximum atomic E-state index is 13.9. The van der Waals surface area contributed by atoms with Crippen LogP contribution in [0.4, 0.5) is 10.1 Å². The number of anilines is 1. The van der Waals surface area contributed by atoms with Gasteiger partial charge in [-0.15, -0.1) is 0 Å². The molecule has 3 N–H and O–H groups in total. The summed E-state index contributed by atoms with van der Waals surface area (Å²) < 4.78 is 13.9. The summed E-state index contributed by atoms with van der Waals surface area (Å²) in [6.45, 7) is 1.64. The zero-order valence-electron chi connectivity index (χ0n) is 13.2. The number of benzene rings is 1. The molecule has 5 heteroatoms. The van der Waals surface area contributed by atoms with E-state index in [1.807, 2.05) is 18.2 Å². The van der Waals surface area contributed by atoms with Crippen LogP contribution in [0.3, 0.4) is 0 Å². The lowest BCUT2D eigenvalue weighted by molar-refractivity contribution is -0.122. The Hall–Kier alpha value is -1.88. The highest BCUT2D eigenvalue weighted by Gasteiger charge is 2.30. The van der Waals surface area contributed by atoms with Crippen LogP contribution in [0.25, 0.3) is 0 Å². The van der Waals surface area contributed by atoms with E-state index in [0.717, 1.165) is 38.8 Å². The van der Waals surface area contributed by atoms with Crippen LogP contribution in [0.2, 0.25) is 0 Å². The van der Waals surface area contributed by atoms with Gasteiger partial charge in [0.2, 0.25) is 5.91 Å². The maximum absolute atomic E-state index is 13.9. The Kier molecular flexibility index (Phi) is 4.96. The molecule has 1 amide bonds. The molecule has 1 aromatic rings. The monoisotopic (exact) mass is 317 g/mol.